The fourth-order valence-electron chi connectivity index (χ4n) is 2.51. The highest BCUT2D eigenvalue weighted by atomic mass is 16.4. The molecule has 2 unspecified atom stereocenters. The van der Waals surface area contributed by atoms with Gasteiger partial charge in [-0.1, -0.05) is 30.3 Å². The number of rotatable bonds is 5. The largest absolute Gasteiger partial charge is 0.480 e. The monoisotopic (exact) mass is 249 g/mol. The molecule has 1 aliphatic heterocycles. The van der Waals surface area contributed by atoms with E-state index in [1.165, 1.54) is 5.56 Å². The van der Waals surface area contributed by atoms with Gasteiger partial charge in [-0.05, 0) is 24.9 Å². The number of aliphatic hydroxyl groups is 1. The second-order valence-electron chi connectivity index (χ2n) is 4.83. The van der Waals surface area contributed by atoms with E-state index in [-0.39, 0.29) is 0 Å². The van der Waals surface area contributed by atoms with E-state index in [1.807, 2.05) is 23.1 Å². The lowest BCUT2D eigenvalue weighted by Crippen LogP contribution is -2.36. The molecule has 0 aliphatic carbocycles. The lowest BCUT2D eigenvalue weighted by molar-refractivity contribution is -0.142. The Morgan fingerprint density at radius 1 is 1.33 bits per heavy atom. The fraction of sp³-hybridized carbons (Fsp3) is 0.500. The number of carbonyl (C=O) groups is 1. The van der Waals surface area contributed by atoms with Crippen molar-refractivity contribution in [1.29, 1.82) is 0 Å². The van der Waals surface area contributed by atoms with Crippen LogP contribution in [0.15, 0.2) is 30.3 Å². The lowest BCUT2D eigenvalue weighted by atomic mass is 10.1. The molecule has 1 saturated heterocycles. The normalized spacial score (nSPS) is 24.3. The number of aryl methyl sites for hydroxylation is 1. The number of hydrogen-bond donors (Lipinski definition) is 2. The van der Waals surface area contributed by atoms with Gasteiger partial charge < -0.3 is 10.2 Å². The molecule has 18 heavy (non-hydrogen) atoms. The van der Waals surface area contributed by atoms with Gasteiger partial charge in [0.05, 0.1) is 6.10 Å². The SMILES string of the molecule is O=C(O)C1CC(O)CN1CCCc1ccccc1. The van der Waals surface area contributed by atoms with E-state index in [2.05, 4.69) is 12.1 Å². The zero-order chi connectivity index (χ0) is 13.0. The first-order valence-electron chi connectivity index (χ1n) is 6.35. The van der Waals surface area contributed by atoms with Crippen LogP contribution in [0.1, 0.15) is 18.4 Å². The van der Waals surface area contributed by atoms with Crippen molar-refractivity contribution in [3.8, 4) is 0 Å². The minimum Gasteiger partial charge on any atom is -0.480 e. The molecule has 1 fully saturated rings. The van der Waals surface area contributed by atoms with E-state index in [0.717, 1.165) is 19.4 Å². The Balaban J connectivity index is 1.81. The molecule has 1 aromatic carbocycles. The Kier molecular flexibility index (Phi) is 4.33. The molecule has 1 aromatic rings. The van der Waals surface area contributed by atoms with Crippen molar-refractivity contribution in [2.75, 3.05) is 13.1 Å². The van der Waals surface area contributed by atoms with E-state index in [4.69, 9.17) is 5.11 Å². The molecule has 1 heterocycles. The number of carboxylic acids is 1. The Morgan fingerprint density at radius 2 is 2.06 bits per heavy atom. The van der Waals surface area contributed by atoms with Crippen LogP contribution in [0.3, 0.4) is 0 Å². The summed E-state index contributed by atoms with van der Waals surface area (Å²) >= 11 is 0. The number of benzene rings is 1. The Morgan fingerprint density at radius 3 is 2.72 bits per heavy atom. The highest BCUT2D eigenvalue weighted by Crippen LogP contribution is 2.18. The van der Waals surface area contributed by atoms with Gasteiger partial charge in [0.15, 0.2) is 0 Å². The maximum atomic E-state index is 11.0. The van der Waals surface area contributed by atoms with Gasteiger partial charge in [-0.2, -0.15) is 0 Å². The third kappa shape index (κ3) is 3.31. The molecule has 0 saturated carbocycles. The summed E-state index contributed by atoms with van der Waals surface area (Å²) in [6, 6.07) is 9.64. The highest BCUT2D eigenvalue weighted by molar-refractivity contribution is 5.74. The molecule has 0 amide bonds. The highest BCUT2D eigenvalue weighted by Gasteiger charge is 2.35. The van der Waals surface area contributed by atoms with E-state index < -0.39 is 18.1 Å². The molecule has 2 atom stereocenters. The van der Waals surface area contributed by atoms with Gasteiger partial charge in [-0.25, -0.2) is 0 Å². The van der Waals surface area contributed by atoms with Gasteiger partial charge in [0.2, 0.25) is 0 Å². The average molecular weight is 249 g/mol. The van der Waals surface area contributed by atoms with Crippen LogP contribution in [0, 0.1) is 0 Å². The van der Waals surface area contributed by atoms with Crippen LogP contribution in [0.5, 0.6) is 0 Å². The van der Waals surface area contributed by atoms with Crippen molar-refractivity contribution in [3.05, 3.63) is 35.9 Å². The first kappa shape index (κ1) is 13.1. The molecule has 0 spiro atoms. The molecular weight excluding hydrogens is 230 g/mol. The molecule has 0 radical (unpaired) electrons. The quantitative estimate of drug-likeness (QED) is 0.821. The van der Waals surface area contributed by atoms with Crippen molar-refractivity contribution >= 4 is 5.97 Å². The topological polar surface area (TPSA) is 60.8 Å². The Hall–Kier alpha value is -1.39. The third-order valence-electron chi connectivity index (χ3n) is 3.42. The number of nitrogens with zero attached hydrogens (tertiary/aromatic N) is 1. The van der Waals surface area contributed by atoms with Crippen LogP contribution in [0.4, 0.5) is 0 Å². The zero-order valence-corrected chi connectivity index (χ0v) is 10.3. The van der Waals surface area contributed by atoms with Crippen LogP contribution in [0.2, 0.25) is 0 Å². The predicted molar refractivity (Wildman–Crippen MR) is 68.4 cm³/mol. The van der Waals surface area contributed by atoms with Crippen molar-refractivity contribution in [2.24, 2.45) is 0 Å². The number of β-amino-alcohol motifs (C(OH)–C–C–N with tert-alkyl or cyclic N) is 1. The minimum absolute atomic E-state index is 0.348. The number of hydrogen-bond acceptors (Lipinski definition) is 3. The standard InChI is InChI=1S/C14H19NO3/c16-12-9-13(14(17)18)15(10-12)8-4-7-11-5-2-1-3-6-11/h1-3,5-6,12-13,16H,4,7-10H2,(H,17,18). The van der Waals surface area contributed by atoms with Crippen LogP contribution >= 0.6 is 0 Å². The van der Waals surface area contributed by atoms with Crippen LogP contribution in [0.25, 0.3) is 0 Å². The number of likely N-dealkylation sites (tertiary alicyclic amines) is 1. The zero-order valence-electron chi connectivity index (χ0n) is 10.3. The summed E-state index contributed by atoms with van der Waals surface area (Å²) in [7, 11) is 0. The maximum Gasteiger partial charge on any atom is 0.321 e. The Labute approximate surface area is 107 Å². The van der Waals surface area contributed by atoms with Crippen molar-refractivity contribution in [3.63, 3.8) is 0 Å². The van der Waals surface area contributed by atoms with E-state index in [0.29, 0.717) is 13.0 Å². The molecule has 1 aliphatic rings. The summed E-state index contributed by atoms with van der Waals surface area (Å²) in [5.41, 5.74) is 1.27. The minimum atomic E-state index is -0.828. The van der Waals surface area contributed by atoms with Gasteiger partial charge in [-0.15, -0.1) is 0 Å². The molecular formula is C14H19NO3. The van der Waals surface area contributed by atoms with E-state index >= 15 is 0 Å². The lowest BCUT2D eigenvalue weighted by Gasteiger charge is -2.20. The summed E-state index contributed by atoms with van der Waals surface area (Å²) in [5, 5.41) is 18.6. The molecule has 2 rings (SSSR count). The Bertz CT molecular complexity index is 393. The van der Waals surface area contributed by atoms with Crippen LogP contribution < -0.4 is 0 Å². The van der Waals surface area contributed by atoms with Crippen molar-refractivity contribution < 1.29 is 15.0 Å². The van der Waals surface area contributed by atoms with Crippen LogP contribution in [-0.4, -0.2) is 46.3 Å². The predicted octanol–water partition coefficient (Wildman–Crippen LogP) is 1.14. The molecule has 98 valence electrons. The number of aliphatic carboxylic acids is 1. The van der Waals surface area contributed by atoms with Crippen molar-refractivity contribution in [1.82, 2.24) is 4.90 Å². The third-order valence-corrected chi connectivity index (χ3v) is 3.42. The summed E-state index contributed by atoms with van der Waals surface area (Å²) in [6.07, 6.45) is 1.71. The summed E-state index contributed by atoms with van der Waals surface area (Å²) < 4.78 is 0. The van der Waals surface area contributed by atoms with E-state index in [9.17, 15) is 9.90 Å². The van der Waals surface area contributed by atoms with Gasteiger partial charge in [0.1, 0.15) is 6.04 Å². The molecule has 0 aromatic heterocycles. The fourth-order valence-corrected chi connectivity index (χ4v) is 2.51. The molecule has 4 nitrogen and oxygen atoms in total. The summed E-state index contributed by atoms with van der Waals surface area (Å²) in [5.74, 6) is -0.828. The second-order valence-corrected chi connectivity index (χ2v) is 4.83. The maximum absolute atomic E-state index is 11.0. The van der Waals surface area contributed by atoms with Gasteiger partial charge >= 0.3 is 5.97 Å². The first-order valence-corrected chi connectivity index (χ1v) is 6.35. The second kappa shape index (κ2) is 5.98. The number of aliphatic hydroxyl groups excluding tert-OH is 1. The van der Waals surface area contributed by atoms with Crippen LogP contribution in [-0.2, 0) is 11.2 Å². The van der Waals surface area contributed by atoms with E-state index in [1.54, 1.807) is 0 Å². The van der Waals surface area contributed by atoms with Gasteiger partial charge in [0.25, 0.3) is 0 Å². The molecule has 2 N–H and O–H groups in total. The summed E-state index contributed by atoms with van der Waals surface area (Å²) in [4.78, 5) is 12.9. The smallest absolute Gasteiger partial charge is 0.321 e. The average Bonchev–Trinajstić information content (AvgIpc) is 2.72. The van der Waals surface area contributed by atoms with Gasteiger partial charge in [0, 0.05) is 13.0 Å². The molecule has 0 bridgehead atoms. The summed E-state index contributed by atoms with van der Waals surface area (Å²) in [6.45, 7) is 1.20. The number of carboxylic acid groups (broad SMARTS) is 1. The molecule has 4 heteroatoms. The first-order chi connectivity index (χ1) is 8.66. The van der Waals surface area contributed by atoms with Crippen molar-refractivity contribution in [2.45, 2.75) is 31.4 Å². The van der Waals surface area contributed by atoms with Gasteiger partial charge in [-0.3, -0.25) is 9.69 Å².